The van der Waals surface area contributed by atoms with Crippen molar-refractivity contribution in [2.24, 2.45) is 0 Å². The van der Waals surface area contributed by atoms with Crippen LogP contribution in [0.1, 0.15) is 70.4 Å². The average molecular weight is 655 g/mol. The van der Waals surface area contributed by atoms with Gasteiger partial charge in [0.05, 0.1) is 6.54 Å². The number of nitrogens with one attached hydrogen (secondary N) is 4. The lowest BCUT2D eigenvalue weighted by Crippen LogP contribution is -2.49. The Bertz CT molecular complexity index is 1670. The van der Waals surface area contributed by atoms with Crippen LogP contribution in [0.4, 0.5) is 5.69 Å². The van der Waals surface area contributed by atoms with Crippen LogP contribution in [0.15, 0.2) is 47.3 Å². The normalized spacial score (nSPS) is 19.6. The number of rotatable bonds is 11. The summed E-state index contributed by atoms with van der Waals surface area (Å²) in [4.78, 5) is 46.3. The zero-order valence-electron chi connectivity index (χ0n) is 28.8. The maximum absolute atomic E-state index is 13.9. The number of aromatic amines is 1. The number of piperazine rings is 1. The maximum atomic E-state index is 13.9. The number of pyridine rings is 1. The molecule has 0 radical (unpaired) electrons. The third kappa shape index (κ3) is 7.66. The number of aromatic nitrogens is 1. The minimum atomic E-state index is -0.197. The summed E-state index contributed by atoms with van der Waals surface area (Å²) in [6, 6.07) is 15.4. The van der Waals surface area contributed by atoms with Gasteiger partial charge in [-0.05, 0) is 93.0 Å². The Labute approximate surface area is 283 Å². The largest absolute Gasteiger partial charge is 0.381 e. The van der Waals surface area contributed by atoms with Gasteiger partial charge in [-0.25, -0.2) is 0 Å². The van der Waals surface area contributed by atoms with Crippen LogP contribution in [0.2, 0.25) is 0 Å². The number of hydrogen-bond acceptors (Lipinski definition) is 7. The quantitative estimate of drug-likeness (QED) is 0.249. The standard InChI is InChI=1S/C38H50N6O4/c1-5-44(30-10-16-48-17-11-30)35-20-29(19-31(26(35)4)37(46)41-22-33-24(2)18-25(3)42-38(33)47)27-6-8-28(9-7-27)32-21-34(32)40-23-36(45)43-14-12-39-13-15-43/h6-9,18-20,30,32,34,39-40H,5,10-17,21-23H2,1-4H3,(H,41,46)(H,42,47)/t32-,34+/m0/s1. The van der Waals surface area contributed by atoms with Gasteiger partial charge in [0, 0.05) is 93.0 Å². The number of hydrogen-bond donors (Lipinski definition) is 4. The number of carbonyl (C=O) groups excluding carboxylic acids is 2. The summed E-state index contributed by atoms with van der Waals surface area (Å²) in [5, 5.41) is 9.81. The van der Waals surface area contributed by atoms with E-state index in [2.05, 4.69) is 63.1 Å². The molecule has 1 saturated carbocycles. The molecule has 3 aromatic rings. The van der Waals surface area contributed by atoms with E-state index in [0.717, 1.165) is 98.8 Å². The van der Waals surface area contributed by atoms with Crippen LogP contribution in [0.5, 0.6) is 0 Å². The molecule has 256 valence electrons. The summed E-state index contributed by atoms with van der Waals surface area (Å²) < 4.78 is 5.67. The van der Waals surface area contributed by atoms with Gasteiger partial charge < -0.3 is 35.5 Å². The van der Waals surface area contributed by atoms with Crippen molar-refractivity contribution in [1.29, 1.82) is 0 Å². The number of amides is 2. The summed E-state index contributed by atoms with van der Waals surface area (Å²) in [6.07, 6.45) is 2.91. The number of ether oxygens (including phenoxy) is 1. The van der Waals surface area contributed by atoms with Gasteiger partial charge in [0.2, 0.25) is 5.91 Å². The fourth-order valence-corrected chi connectivity index (χ4v) is 7.34. The van der Waals surface area contributed by atoms with Gasteiger partial charge in [0.15, 0.2) is 0 Å². The smallest absolute Gasteiger partial charge is 0.253 e. The number of benzene rings is 2. The van der Waals surface area contributed by atoms with E-state index in [-0.39, 0.29) is 23.9 Å². The molecule has 0 unspecified atom stereocenters. The third-order valence-electron chi connectivity index (χ3n) is 10.3. The lowest BCUT2D eigenvalue weighted by atomic mass is 9.94. The van der Waals surface area contributed by atoms with E-state index >= 15 is 0 Å². The van der Waals surface area contributed by atoms with Gasteiger partial charge in [0.1, 0.15) is 0 Å². The molecule has 0 bridgehead atoms. The van der Waals surface area contributed by atoms with E-state index < -0.39 is 0 Å². The molecule has 10 heteroatoms. The molecule has 1 aliphatic carbocycles. The van der Waals surface area contributed by atoms with Crippen molar-refractivity contribution >= 4 is 17.5 Å². The van der Waals surface area contributed by atoms with Gasteiger partial charge >= 0.3 is 0 Å². The summed E-state index contributed by atoms with van der Waals surface area (Å²) in [6.45, 7) is 14.0. The zero-order chi connectivity index (χ0) is 33.8. The van der Waals surface area contributed by atoms with Crippen molar-refractivity contribution in [3.05, 3.63) is 86.3 Å². The second kappa shape index (κ2) is 15.1. The lowest BCUT2D eigenvalue weighted by molar-refractivity contribution is -0.130. The van der Waals surface area contributed by atoms with E-state index in [9.17, 15) is 14.4 Å². The summed E-state index contributed by atoms with van der Waals surface area (Å²) >= 11 is 0. The highest BCUT2D eigenvalue weighted by atomic mass is 16.5. The van der Waals surface area contributed by atoms with Gasteiger partial charge in [-0.2, -0.15) is 0 Å². The first-order chi connectivity index (χ1) is 23.2. The molecule has 1 aromatic heterocycles. The third-order valence-corrected chi connectivity index (χ3v) is 10.3. The monoisotopic (exact) mass is 654 g/mol. The number of H-pyrrole nitrogens is 1. The van der Waals surface area contributed by atoms with Crippen molar-refractivity contribution in [3.8, 4) is 11.1 Å². The average Bonchev–Trinajstić information content (AvgIpc) is 3.88. The molecule has 0 spiro atoms. The second-order valence-electron chi connectivity index (χ2n) is 13.5. The Morgan fingerprint density at radius 3 is 2.42 bits per heavy atom. The predicted octanol–water partition coefficient (Wildman–Crippen LogP) is 3.78. The van der Waals surface area contributed by atoms with Crippen LogP contribution in [0, 0.1) is 20.8 Å². The summed E-state index contributed by atoms with van der Waals surface area (Å²) in [5.41, 5.74) is 7.93. The molecule has 10 nitrogen and oxygen atoms in total. The molecule has 3 aliphatic rings. The van der Waals surface area contributed by atoms with Crippen LogP contribution in [0.3, 0.4) is 0 Å². The Balaban J connectivity index is 1.22. The minimum absolute atomic E-state index is 0.156. The Hall–Kier alpha value is -3.99. The Morgan fingerprint density at radius 2 is 1.73 bits per heavy atom. The van der Waals surface area contributed by atoms with Crippen LogP contribution < -0.4 is 26.4 Å². The molecule has 2 aromatic carbocycles. The van der Waals surface area contributed by atoms with Gasteiger partial charge in [-0.3, -0.25) is 14.4 Å². The first kappa shape index (κ1) is 33.9. The highest BCUT2D eigenvalue weighted by Crippen LogP contribution is 2.42. The molecule has 6 rings (SSSR count). The van der Waals surface area contributed by atoms with Gasteiger partial charge in [-0.15, -0.1) is 0 Å². The fraction of sp³-hybridized carbons (Fsp3) is 0.500. The summed E-state index contributed by atoms with van der Waals surface area (Å²) in [5.74, 6) is 0.370. The predicted molar refractivity (Wildman–Crippen MR) is 190 cm³/mol. The molecule has 4 N–H and O–H groups in total. The SMILES string of the molecule is CCN(c1cc(-c2ccc([C@@H]3C[C@H]3NCC(=O)N3CCNCC3)cc2)cc(C(=O)NCc2c(C)cc(C)[nH]c2=O)c1C)C1CCOCC1. The first-order valence-electron chi connectivity index (χ1n) is 17.5. The highest BCUT2D eigenvalue weighted by molar-refractivity contribution is 5.99. The molecule has 2 saturated heterocycles. The maximum Gasteiger partial charge on any atom is 0.253 e. The topological polar surface area (TPSA) is 119 Å². The van der Waals surface area contributed by atoms with Crippen LogP contribution >= 0.6 is 0 Å². The molecule has 3 heterocycles. The van der Waals surface area contributed by atoms with Gasteiger partial charge in [0.25, 0.3) is 11.5 Å². The minimum Gasteiger partial charge on any atom is -0.381 e. The van der Waals surface area contributed by atoms with E-state index in [0.29, 0.717) is 35.7 Å². The van der Waals surface area contributed by atoms with E-state index in [1.165, 1.54) is 5.56 Å². The highest BCUT2D eigenvalue weighted by Gasteiger charge is 2.38. The van der Waals surface area contributed by atoms with E-state index in [1.54, 1.807) is 0 Å². The van der Waals surface area contributed by atoms with E-state index in [4.69, 9.17) is 4.74 Å². The zero-order valence-corrected chi connectivity index (χ0v) is 28.8. The van der Waals surface area contributed by atoms with E-state index in [1.807, 2.05) is 37.8 Å². The molecular formula is C38H50N6O4. The molecule has 2 aliphatic heterocycles. The van der Waals surface area contributed by atoms with Crippen LogP contribution in [0.25, 0.3) is 11.1 Å². The number of carbonyl (C=O) groups is 2. The van der Waals surface area contributed by atoms with Crippen molar-refractivity contribution in [3.63, 3.8) is 0 Å². The Morgan fingerprint density at radius 1 is 1.00 bits per heavy atom. The number of nitrogens with zero attached hydrogens (tertiary/aromatic N) is 2. The molecule has 3 fully saturated rings. The number of aryl methyl sites for hydroxylation is 2. The fourth-order valence-electron chi connectivity index (χ4n) is 7.34. The second-order valence-corrected chi connectivity index (χ2v) is 13.5. The van der Waals surface area contributed by atoms with Crippen LogP contribution in [-0.4, -0.2) is 86.3 Å². The van der Waals surface area contributed by atoms with Crippen molar-refractivity contribution < 1.29 is 14.3 Å². The number of anilines is 1. The lowest BCUT2D eigenvalue weighted by Gasteiger charge is -2.37. The molecule has 48 heavy (non-hydrogen) atoms. The van der Waals surface area contributed by atoms with Crippen molar-refractivity contribution in [1.82, 2.24) is 25.8 Å². The van der Waals surface area contributed by atoms with Crippen molar-refractivity contribution in [2.75, 3.05) is 57.4 Å². The first-order valence-corrected chi connectivity index (χ1v) is 17.5. The Kier molecular flexibility index (Phi) is 10.6. The van der Waals surface area contributed by atoms with Crippen LogP contribution in [-0.2, 0) is 16.1 Å². The summed E-state index contributed by atoms with van der Waals surface area (Å²) in [7, 11) is 0. The molecule has 2 atom stereocenters. The molecule has 2 amide bonds. The molecular weight excluding hydrogens is 604 g/mol. The van der Waals surface area contributed by atoms with Gasteiger partial charge in [-0.1, -0.05) is 24.3 Å². The van der Waals surface area contributed by atoms with Crippen molar-refractivity contribution in [2.45, 2.75) is 71.5 Å².